The lowest BCUT2D eigenvalue weighted by molar-refractivity contribution is 0.287. The fourth-order valence-corrected chi connectivity index (χ4v) is 2.99. The molecule has 0 saturated carbocycles. The van der Waals surface area contributed by atoms with Crippen molar-refractivity contribution in [3.8, 4) is 11.8 Å². The van der Waals surface area contributed by atoms with Gasteiger partial charge in [0, 0.05) is 25.3 Å². The standard InChI is InChI=1S/C16H15O3P/c1-18-20(17,19-2)16-11-7-6-10-15(16)13-12-14-8-4-3-5-9-14/h3-11H,1-2H3. The van der Waals surface area contributed by atoms with Crippen LogP contribution in [0.5, 0.6) is 0 Å². The average Bonchev–Trinajstić information content (AvgIpc) is 2.53. The van der Waals surface area contributed by atoms with Crippen LogP contribution in [0, 0.1) is 11.8 Å². The van der Waals surface area contributed by atoms with E-state index >= 15 is 0 Å². The van der Waals surface area contributed by atoms with Crippen molar-refractivity contribution < 1.29 is 13.6 Å². The van der Waals surface area contributed by atoms with Gasteiger partial charge in [-0.2, -0.15) is 0 Å². The van der Waals surface area contributed by atoms with E-state index in [1.165, 1.54) is 14.2 Å². The molecule has 3 nitrogen and oxygen atoms in total. The second-order valence-electron chi connectivity index (χ2n) is 4.00. The van der Waals surface area contributed by atoms with Crippen LogP contribution in [-0.2, 0) is 13.6 Å². The average molecular weight is 286 g/mol. The summed E-state index contributed by atoms with van der Waals surface area (Å²) in [5.74, 6) is 6.06. The Hall–Kier alpha value is -1.85. The first-order valence-electron chi connectivity index (χ1n) is 6.08. The van der Waals surface area contributed by atoms with Gasteiger partial charge in [-0.15, -0.1) is 0 Å². The van der Waals surface area contributed by atoms with Crippen molar-refractivity contribution in [2.24, 2.45) is 0 Å². The Morgan fingerprint density at radius 1 is 0.850 bits per heavy atom. The molecular weight excluding hydrogens is 271 g/mol. The van der Waals surface area contributed by atoms with Crippen molar-refractivity contribution in [2.75, 3.05) is 14.2 Å². The van der Waals surface area contributed by atoms with E-state index in [9.17, 15) is 4.57 Å². The van der Waals surface area contributed by atoms with Crippen LogP contribution in [0.2, 0.25) is 0 Å². The van der Waals surface area contributed by atoms with Crippen LogP contribution in [0.4, 0.5) is 0 Å². The summed E-state index contributed by atoms with van der Waals surface area (Å²) < 4.78 is 22.5. The molecule has 4 heteroatoms. The van der Waals surface area contributed by atoms with Crippen molar-refractivity contribution >= 4 is 12.9 Å². The van der Waals surface area contributed by atoms with Gasteiger partial charge in [-0.1, -0.05) is 42.2 Å². The van der Waals surface area contributed by atoms with Gasteiger partial charge in [0.1, 0.15) is 0 Å². The second kappa shape index (κ2) is 6.54. The monoisotopic (exact) mass is 286 g/mol. The van der Waals surface area contributed by atoms with Gasteiger partial charge in [0.25, 0.3) is 0 Å². The molecule has 20 heavy (non-hydrogen) atoms. The molecule has 0 bridgehead atoms. The Balaban J connectivity index is 2.45. The van der Waals surface area contributed by atoms with Crippen LogP contribution in [0.3, 0.4) is 0 Å². The summed E-state index contributed by atoms with van der Waals surface area (Å²) in [6, 6.07) is 16.8. The molecule has 0 aliphatic heterocycles. The molecule has 0 spiro atoms. The lowest BCUT2D eigenvalue weighted by Crippen LogP contribution is -2.11. The maximum Gasteiger partial charge on any atom is 0.362 e. The van der Waals surface area contributed by atoms with Crippen molar-refractivity contribution in [1.82, 2.24) is 0 Å². The van der Waals surface area contributed by atoms with Gasteiger partial charge in [0.05, 0.1) is 5.30 Å². The second-order valence-corrected chi connectivity index (χ2v) is 6.20. The molecule has 0 unspecified atom stereocenters. The zero-order chi connectivity index (χ0) is 14.4. The number of rotatable bonds is 3. The van der Waals surface area contributed by atoms with E-state index < -0.39 is 7.60 Å². The van der Waals surface area contributed by atoms with Gasteiger partial charge < -0.3 is 9.05 Å². The minimum atomic E-state index is -3.29. The van der Waals surface area contributed by atoms with E-state index in [4.69, 9.17) is 9.05 Å². The summed E-state index contributed by atoms with van der Waals surface area (Å²) in [6.07, 6.45) is 0. The Kier molecular flexibility index (Phi) is 4.76. The molecule has 0 saturated heterocycles. The fourth-order valence-electron chi connectivity index (χ4n) is 1.75. The highest BCUT2D eigenvalue weighted by atomic mass is 31.2. The highest BCUT2D eigenvalue weighted by Crippen LogP contribution is 2.45. The van der Waals surface area contributed by atoms with Crippen molar-refractivity contribution in [1.29, 1.82) is 0 Å². The molecule has 0 fully saturated rings. The molecule has 2 rings (SSSR count). The Morgan fingerprint density at radius 3 is 2.10 bits per heavy atom. The SMILES string of the molecule is COP(=O)(OC)c1ccccc1C#Cc1ccccc1. The topological polar surface area (TPSA) is 35.5 Å². The van der Waals surface area contributed by atoms with Gasteiger partial charge in [-0.25, -0.2) is 0 Å². The van der Waals surface area contributed by atoms with Crippen LogP contribution in [-0.4, -0.2) is 14.2 Å². The van der Waals surface area contributed by atoms with Gasteiger partial charge in [-0.3, -0.25) is 4.57 Å². The first-order chi connectivity index (χ1) is 9.69. The highest BCUT2D eigenvalue weighted by Gasteiger charge is 2.26. The summed E-state index contributed by atoms with van der Waals surface area (Å²) >= 11 is 0. The predicted octanol–water partition coefficient (Wildman–Crippen LogP) is 3.20. The fraction of sp³-hybridized carbons (Fsp3) is 0.125. The van der Waals surface area contributed by atoms with Crippen molar-refractivity contribution in [2.45, 2.75) is 0 Å². The maximum absolute atomic E-state index is 12.5. The predicted molar refractivity (Wildman–Crippen MR) is 80.1 cm³/mol. The van der Waals surface area contributed by atoms with Crippen molar-refractivity contribution in [3.63, 3.8) is 0 Å². The largest absolute Gasteiger partial charge is 0.362 e. The highest BCUT2D eigenvalue weighted by molar-refractivity contribution is 7.62. The third kappa shape index (κ3) is 3.18. The molecule has 0 aliphatic carbocycles. The molecule has 0 atom stereocenters. The molecule has 0 amide bonds. The summed E-state index contributed by atoms with van der Waals surface area (Å²) in [5, 5.41) is 0.480. The van der Waals surface area contributed by atoms with E-state index in [0.29, 0.717) is 10.9 Å². The molecule has 0 N–H and O–H groups in total. The van der Waals surface area contributed by atoms with Crippen molar-refractivity contribution in [3.05, 3.63) is 65.7 Å². The van der Waals surface area contributed by atoms with Crippen LogP contribution in [0.15, 0.2) is 54.6 Å². The van der Waals surface area contributed by atoms with Crippen LogP contribution < -0.4 is 5.30 Å². The van der Waals surface area contributed by atoms with Crippen LogP contribution in [0.25, 0.3) is 0 Å². The number of hydrogen-bond donors (Lipinski definition) is 0. The first-order valence-corrected chi connectivity index (χ1v) is 7.62. The normalized spacial score (nSPS) is 10.7. The van der Waals surface area contributed by atoms with Gasteiger partial charge in [0.2, 0.25) is 0 Å². The lowest BCUT2D eigenvalue weighted by Gasteiger charge is -2.14. The molecule has 102 valence electrons. The Morgan fingerprint density at radius 2 is 1.45 bits per heavy atom. The molecule has 2 aromatic carbocycles. The zero-order valence-electron chi connectivity index (χ0n) is 11.4. The third-order valence-corrected chi connectivity index (χ3v) is 4.74. The minimum Gasteiger partial charge on any atom is -0.309 e. The summed E-state index contributed by atoms with van der Waals surface area (Å²) in [4.78, 5) is 0. The lowest BCUT2D eigenvalue weighted by atomic mass is 10.2. The van der Waals surface area contributed by atoms with Gasteiger partial charge >= 0.3 is 7.60 Å². The molecule has 0 aliphatic rings. The Labute approximate surface area is 119 Å². The van der Waals surface area contributed by atoms with Gasteiger partial charge in [-0.05, 0) is 24.3 Å². The van der Waals surface area contributed by atoms with Gasteiger partial charge in [0.15, 0.2) is 0 Å². The van der Waals surface area contributed by atoms with E-state index in [0.717, 1.165) is 5.56 Å². The summed E-state index contributed by atoms with van der Waals surface area (Å²) in [6.45, 7) is 0. The minimum absolute atomic E-state index is 0.480. The zero-order valence-corrected chi connectivity index (χ0v) is 12.3. The van der Waals surface area contributed by atoms with Crippen LogP contribution in [0.1, 0.15) is 11.1 Å². The first kappa shape index (κ1) is 14.6. The summed E-state index contributed by atoms with van der Waals surface area (Å²) in [7, 11) is -0.561. The molecule has 2 aromatic rings. The van der Waals surface area contributed by atoms with Crippen LogP contribution >= 0.6 is 7.60 Å². The maximum atomic E-state index is 12.5. The Bertz CT molecular complexity index is 676. The van der Waals surface area contributed by atoms with E-state index in [1.54, 1.807) is 18.2 Å². The number of hydrogen-bond acceptors (Lipinski definition) is 3. The molecule has 0 radical (unpaired) electrons. The van der Waals surface area contributed by atoms with E-state index in [-0.39, 0.29) is 0 Å². The van der Waals surface area contributed by atoms with E-state index in [1.807, 2.05) is 36.4 Å². The number of benzene rings is 2. The third-order valence-electron chi connectivity index (χ3n) is 2.80. The molecule has 0 aromatic heterocycles. The summed E-state index contributed by atoms with van der Waals surface area (Å²) in [5.41, 5.74) is 1.54. The smallest absolute Gasteiger partial charge is 0.309 e. The quantitative estimate of drug-likeness (QED) is 0.642. The molecule has 0 heterocycles. The van der Waals surface area contributed by atoms with E-state index in [2.05, 4.69) is 11.8 Å². The molecular formula is C16H15O3P.